The summed E-state index contributed by atoms with van der Waals surface area (Å²) in [6.07, 6.45) is 0. The molecule has 0 unspecified atom stereocenters. The first-order chi connectivity index (χ1) is 12.0. The fourth-order valence-corrected chi connectivity index (χ4v) is 2.45. The molecule has 2 amide bonds. The van der Waals surface area contributed by atoms with Crippen LogP contribution in [0.15, 0.2) is 54.6 Å². The minimum atomic E-state index is -0.618. The van der Waals surface area contributed by atoms with Gasteiger partial charge >= 0.3 is 0 Å². The Balaban J connectivity index is 2.10. The molecule has 0 bridgehead atoms. The molecule has 0 heterocycles. The van der Waals surface area contributed by atoms with Gasteiger partial charge in [-0.2, -0.15) is 0 Å². The van der Waals surface area contributed by atoms with Gasteiger partial charge in [0.15, 0.2) is 6.61 Å². The lowest BCUT2D eigenvalue weighted by atomic mass is 10.1. The number of hydrogen-bond donors (Lipinski definition) is 1. The first-order valence-electron chi connectivity index (χ1n) is 7.94. The number of likely N-dealkylation sites (N-methyl/N-ethyl adjacent to an activating group) is 1. The van der Waals surface area contributed by atoms with Crippen LogP contribution in [0.2, 0.25) is 5.02 Å². The van der Waals surface area contributed by atoms with E-state index in [9.17, 15) is 9.59 Å². The molecule has 132 valence electrons. The van der Waals surface area contributed by atoms with Crippen LogP contribution in [0.25, 0.3) is 0 Å². The summed E-state index contributed by atoms with van der Waals surface area (Å²) in [7, 11) is 1.55. The largest absolute Gasteiger partial charge is 0.484 e. The van der Waals surface area contributed by atoms with Gasteiger partial charge in [0.25, 0.3) is 5.91 Å². The van der Waals surface area contributed by atoms with E-state index in [1.165, 1.54) is 4.90 Å². The molecule has 0 radical (unpaired) electrons. The molecule has 0 aliphatic rings. The summed E-state index contributed by atoms with van der Waals surface area (Å²) in [6, 6.07) is 15.6. The number of hydrogen-bond acceptors (Lipinski definition) is 3. The van der Waals surface area contributed by atoms with Gasteiger partial charge in [-0.15, -0.1) is 0 Å². The lowest BCUT2D eigenvalue weighted by molar-refractivity contribution is -0.142. The third kappa shape index (κ3) is 5.50. The molecule has 0 fully saturated rings. The fraction of sp³-hybridized carbons (Fsp3) is 0.263. The summed E-state index contributed by atoms with van der Waals surface area (Å²) in [5.74, 6) is 0.104. The molecule has 0 aliphatic carbocycles. The average molecular weight is 361 g/mol. The molecule has 0 spiro atoms. The van der Waals surface area contributed by atoms with E-state index < -0.39 is 6.04 Å². The second-order valence-electron chi connectivity index (χ2n) is 5.54. The Labute approximate surface area is 152 Å². The van der Waals surface area contributed by atoms with Crippen LogP contribution in [0.3, 0.4) is 0 Å². The monoisotopic (exact) mass is 360 g/mol. The van der Waals surface area contributed by atoms with Crippen LogP contribution >= 0.6 is 11.6 Å². The van der Waals surface area contributed by atoms with Gasteiger partial charge < -0.3 is 15.0 Å². The number of amides is 2. The Kier molecular flexibility index (Phi) is 6.83. The quantitative estimate of drug-likeness (QED) is 0.826. The molecule has 6 heteroatoms. The number of halogens is 1. The molecule has 2 aromatic carbocycles. The second-order valence-corrected chi connectivity index (χ2v) is 5.98. The van der Waals surface area contributed by atoms with Gasteiger partial charge in [0, 0.05) is 18.6 Å². The minimum absolute atomic E-state index is 0.140. The Morgan fingerprint density at radius 3 is 2.36 bits per heavy atom. The van der Waals surface area contributed by atoms with Crippen molar-refractivity contribution in [2.24, 2.45) is 0 Å². The van der Waals surface area contributed by atoms with E-state index in [4.69, 9.17) is 16.3 Å². The molecule has 1 atom stereocenters. The zero-order chi connectivity index (χ0) is 18.2. The lowest BCUT2D eigenvalue weighted by Gasteiger charge is -2.28. The molecule has 0 aliphatic heterocycles. The molecule has 0 saturated heterocycles. The highest BCUT2D eigenvalue weighted by molar-refractivity contribution is 6.30. The van der Waals surface area contributed by atoms with Crippen molar-refractivity contribution in [3.63, 3.8) is 0 Å². The van der Waals surface area contributed by atoms with E-state index >= 15 is 0 Å². The van der Waals surface area contributed by atoms with Gasteiger partial charge in [0.2, 0.25) is 5.91 Å². The third-order valence-corrected chi connectivity index (χ3v) is 4.04. The standard InChI is InChI=1S/C19H21ClN2O3/c1-14(19(24)21-2)22(12-15-8-10-16(20)11-9-15)18(23)13-25-17-6-4-3-5-7-17/h3-11,14H,12-13H2,1-2H3,(H,21,24)/t14-/m0/s1. The number of carbonyl (C=O) groups excluding carboxylic acids is 2. The van der Waals surface area contributed by atoms with E-state index in [0.717, 1.165) is 5.56 Å². The summed E-state index contributed by atoms with van der Waals surface area (Å²) in [5.41, 5.74) is 0.883. The lowest BCUT2D eigenvalue weighted by Crippen LogP contribution is -2.48. The molecule has 1 N–H and O–H groups in total. The number of carbonyl (C=O) groups is 2. The maximum Gasteiger partial charge on any atom is 0.261 e. The maximum absolute atomic E-state index is 12.6. The highest BCUT2D eigenvalue weighted by Crippen LogP contribution is 2.14. The van der Waals surface area contributed by atoms with Crippen molar-refractivity contribution in [2.45, 2.75) is 19.5 Å². The van der Waals surface area contributed by atoms with Crippen LogP contribution in [0.5, 0.6) is 5.75 Å². The van der Waals surface area contributed by atoms with Crippen LogP contribution < -0.4 is 10.1 Å². The summed E-state index contributed by atoms with van der Waals surface area (Å²) < 4.78 is 5.53. The predicted molar refractivity (Wildman–Crippen MR) is 97.5 cm³/mol. The van der Waals surface area contributed by atoms with Gasteiger partial charge in [0.1, 0.15) is 11.8 Å². The molecule has 5 nitrogen and oxygen atoms in total. The molecule has 2 aromatic rings. The van der Waals surface area contributed by atoms with Gasteiger partial charge in [-0.05, 0) is 36.8 Å². The number of nitrogens with one attached hydrogen (secondary N) is 1. The SMILES string of the molecule is CNC(=O)[C@H](C)N(Cc1ccc(Cl)cc1)C(=O)COc1ccccc1. The van der Waals surface area contributed by atoms with Gasteiger partial charge in [0.05, 0.1) is 0 Å². The molecular weight excluding hydrogens is 340 g/mol. The van der Waals surface area contributed by atoms with Gasteiger partial charge in [-0.1, -0.05) is 41.9 Å². The summed E-state index contributed by atoms with van der Waals surface area (Å²) in [5, 5.41) is 3.19. The summed E-state index contributed by atoms with van der Waals surface area (Å²) in [4.78, 5) is 26.1. The van der Waals surface area contributed by atoms with Crippen LogP contribution in [0.4, 0.5) is 0 Å². The maximum atomic E-state index is 12.6. The highest BCUT2D eigenvalue weighted by Gasteiger charge is 2.25. The molecule has 0 saturated carbocycles. The van der Waals surface area contributed by atoms with Crippen molar-refractivity contribution < 1.29 is 14.3 Å². The van der Waals surface area contributed by atoms with Crippen molar-refractivity contribution in [1.29, 1.82) is 0 Å². The minimum Gasteiger partial charge on any atom is -0.484 e. The number of ether oxygens (including phenoxy) is 1. The third-order valence-electron chi connectivity index (χ3n) is 3.79. The van der Waals surface area contributed by atoms with Crippen molar-refractivity contribution in [1.82, 2.24) is 10.2 Å². The Morgan fingerprint density at radius 1 is 1.12 bits per heavy atom. The number of para-hydroxylation sites is 1. The highest BCUT2D eigenvalue weighted by atomic mass is 35.5. The Hall–Kier alpha value is -2.53. The Bertz CT molecular complexity index is 704. The summed E-state index contributed by atoms with van der Waals surface area (Å²) >= 11 is 5.90. The fourth-order valence-electron chi connectivity index (χ4n) is 2.32. The van der Waals surface area contributed by atoms with Crippen molar-refractivity contribution in [3.8, 4) is 5.75 Å². The van der Waals surface area contributed by atoms with Gasteiger partial charge in [-0.25, -0.2) is 0 Å². The van der Waals surface area contributed by atoms with E-state index in [-0.39, 0.29) is 18.4 Å². The Morgan fingerprint density at radius 2 is 1.76 bits per heavy atom. The smallest absolute Gasteiger partial charge is 0.261 e. The topological polar surface area (TPSA) is 58.6 Å². The molecule has 2 rings (SSSR count). The second kappa shape index (κ2) is 9.08. The van der Waals surface area contributed by atoms with Crippen LogP contribution in [-0.4, -0.2) is 36.4 Å². The first-order valence-corrected chi connectivity index (χ1v) is 8.32. The van der Waals surface area contributed by atoms with Crippen molar-refractivity contribution >= 4 is 23.4 Å². The first kappa shape index (κ1) is 18.8. The van der Waals surface area contributed by atoms with Crippen molar-refractivity contribution in [3.05, 3.63) is 65.2 Å². The predicted octanol–water partition coefficient (Wildman–Crippen LogP) is 2.88. The van der Waals surface area contributed by atoms with E-state index in [1.54, 1.807) is 38.2 Å². The van der Waals surface area contributed by atoms with E-state index in [2.05, 4.69) is 5.32 Å². The number of nitrogens with zero attached hydrogens (tertiary/aromatic N) is 1. The van der Waals surface area contributed by atoms with Crippen molar-refractivity contribution in [2.75, 3.05) is 13.7 Å². The normalized spacial score (nSPS) is 11.5. The zero-order valence-electron chi connectivity index (χ0n) is 14.2. The molecule has 25 heavy (non-hydrogen) atoms. The van der Waals surface area contributed by atoms with Crippen LogP contribution in [-0.2, 0) is 16.1 Å². The summed E-state index contributed by atoms with van der Waals surface area (Å²) in [6.45, 7) is 1.84. The zero-order valence-corrected chi connectivity index (χ0v) is 15.0. The molecular formula is C19H21ClN2O3. The number of benzene rings is 2. The van der Waals surface area contributed by atoms with Crippen LogP contribution in [0, 0.1) is 0 Å². The van der Waals surface area contributed by atoms with Crippen LogP contribution in [0.1, 0.15) is 12.5 Å². The van der Waals surface area contributed by atoms with Gasteiger partial charge in [-0.3, -0.25) is 9.59 Å². The number of rotatable bonds is 7. The van der Waals surface area contributed by atoms with E-state index in [0.29, 0.717) is 17.3 Å². The average Bonchev–Trinajstić information content (AvgIpc) is 2.65. The van der Waals surface area contributed by atoms with E-state index in [1.807, 2.05) is 30.3 Å². The molecule has 0 aromatic heterocycles.